The third-order valence-electron chi connectivity index (χ3n) is 6.06. The number of carbonyl (C=O) groups is 3. The Labute approximate surface area is 201 Å². The summed E-state index contributed by atoms with van der Waals surface area (Å²) in [7, 11) is 0. The van der Waals surface area contributed by atoms with E-state index in [0.717, 1.165) is 41.7 Å². The lowest BCUT2D eigenvalue weighted by Crippen LogP contribution is -2.43. The van der Waals surface area contributed by atoms with Gasteiger partial charge in [-0.15, -0.1) is 11.3 Å². The second-order valence-electron chi connectivity index (χ2n) is 8.37. The van der Waals surface area contributed by atoms with E-state index in [2.05, 4.69) is 10.6 Å². The molecular weight excluding hydrogens is 450 g/mol. The first-order chi connectivity index (χ1) is 16.6. The van der Waals surface area contributed by atoms with Crippen LogP contribution < -0.4 is 20.3 Å². The van der Waals surface area contributed by atoms with E-state index in [0.29, 0.717) is 28.5 Å². The van der Waals surface area contributed by atoms with Crippen LogP contribution in [0.25, 0.3) is 0 Å². The highest BCUT2D eigenvalue weighted by atomic mass is 32.1. The maximum atomic E-state index is 13.2. The number of anilines is 2. The summed E-state index contributed by atoms with van der Waals surface area (Å²) in [6.07, 6.45) is 3.83. The van der Waals surface area contributed by atoms with E-state index in [4.69, 9.17) is 4.74 Å². The van der Waals surface area contributed by atoms with Crippen molar-refractivity contribution in [2.45, 2.75) is 32.2 Å². The lowest BCUT2D eigenvalue weighted by molar-refractivity contribution is -0.123. The fourth-order valence-electron chi connectivity index (χ4n) is 4.40. The fraction of sp³-hybridized carbons (Fsp3) is 0.269. The molecule has 34 heavy (non-hydrogen) atoms. The van der Waals surface area contributed by atoms with Crippen molar-refractivity contribution >= 4 is 39.7 Å². The molecule has 0 spiro atoms. The quantitative estimate of drug-likeness (QED) is 0.566. The Kier molecular flexibility index (Phi) is 6.31. The van der Waals surface area contributed by atoms with Crippen molar-refractivity contribution in [1.29, 1.82) is 0 Å². The first-order valence-corrected chi connectivity index (χ1v) is 12.2. The largest absolute Gasteiger partial charge is 0.482 e. The van der Waals surface area contributed by atoms with Gasteiger partial charge in [-0.25, -0.2) is 0 Å². The zero-order valence-electron chi connectivity index (χ0n) is 18.6. The Balaban J connectivity index is 1.35. The van der Waals surface area contributed by atoms with Crippen molar-refractivity contribution in [2.24, 2.45) is 0 Å². The molecule has 1 aliphatic carbocycles. The normalized spacial score (nSPS) is 14.6. The topological polar surface area (TPSA) is 87.7 Å². The molecule has 1 aromatic heterocycles. The molecule has 3 amide bonds. The van der Waals surface area contributed by atoms with E-state index in [9.17, 15) is 14.4 Å². The Morgan fingerprint density at radius 2 is 1.76 bits per heavy atom. The number of fused-ring (bicyclic) bond motifs is 2. The van der Waals surface area contributed by atoms with E-state index in [-0.39, 0.29) is 30.9 Å². The Bertz CT molecular complexity index is 1240. The third kappa shape index (κ3) is 4.54. The number of nitrogens with one attached hydrogen (secondary N) is 2. The Hall–Kier alpha value is -3.65. The average molecular weight is 476 g/mol. The predicted octanol–water partition coefficient (Wildman–Crippen LogP) is 3.92. The van der Waals surface area contributed by atoms with Crippen LogP contribution in [0.4, 0.5) is 10.7 Å². The van der Waals surface area contributed by atoms with Crippen molar-refractivity contribution in [3.8, 4) is 5.75 Å². The average Bonchev–Trinajstić information content (AvgIpc) is 3.22. The molecule has 7 nitrogen and oxygen atoms in total. The minimum Gasteiger partial charge on any atom is -0.482 e. The van der Waals surface area contributed by atoms with Crippen molar-refractivity contribution < 1.29 is 19.1 Å². The highest BCUT2D eigenvalue weighted by molar-refractivity contribution is 7.17. The predicted molar refractivity (Wildman–Crippen MR) is 131 cm³/mol. The molecule has 174 valence electrons. The van der Waals surface area contributed by atoms with Crippen LogP contribution in [0.2, 0.25) is 0 Å². The number of thiophene rings is 1. The molecule has 2 aliphatic rings. The fourth-order valence-corrected chi connectivity index (χ4v) is 5.70. The summed E-state index contributed by atoms with van der Waals surface area (Å²) in [5.41, 5.74) is 3.16. The van der Waals surface area contributed by atoms with Crippen LogP contribution in [0.5, 0.6) is 5.75 Å². The van der Waals surface area contributed by atoms with Crippen molar-refractivity contribution in [3.63, 3.8) is 0 Å². The molecule has 0 radical (unpaired) electrons. The minimum atomic E-state index is -0.347. The first-order valence-electron chi connectivity index (χ1n) is 11.4. The van der Waals surface area contributed by atoms with E-state index in [1.165, 1.54) is 16.2 Å². The third-order valence-corrected chi connectivity index (χ3v) is 7.26. The first kappa shape index (κ1) is 22.2. The molecule has 8 heteroatoms. The van der Waals surface area contributed by atoms with Crippen LogP contribution in [0, 0.1) is 0 Å². The van der Waals surface area contributed by atoms with Gasteiger partial charge in [0.15, 0.2) is 6.61 Å². The zero-order chi connectivity index (χ0) is 23.5. The molecule has 3 aromatic rings. The van der Waals surface area contributed by atoms with Gasteiger partial charge >= 0.3 is 0 Å². The van der Waals surface area contributed by atoms with Gasteiger partial charge in [-0.2, -0.15) is 0 Å². The van der Waals surface area contributed by atoms with Gasteiger partial charge in [0.05, 0.1) is 11.3 Å². The number of carbonyl (C=O) groups excluding carboxylic acids is 3. The molecule has 0 saturated carbocycles. The molecule has 0 atom stereocenters. The van der Waals surface area contributed by atoms with Gasteiger partial charge in [-0.3, -0.25) is 19.3 Å². The second-order valence-corrected chi connectivity index (χ2v) is 9.47. The number of nitrogens with zero attached hydrogens (tertiary/aromatic N) is 1. The van der Waals surface area contributed by atoms with Gasteiger partial charge < -0.3 is 15.4 Å². The Morgan fingerprint density at radius 1 is 1.00 bits per heavy atom. The monoisotopic (exact) mass is 475 g/mol. The van der Waals surface area contributed by atoms with Gasteiger partial charge in [-0.05, 0) is 48.9 Å². The van der Waals surface area contributed by atoms with Crippen LogP contribution >= 0.6 is 11.3 Å². The number of hydrogen-bond acceptors (Lipinski definition) is 5. The summed E-state index contributed by atoms with van der Waals surface area (Å²) in [6, 6.07) is 16.9. The minimum absolute atomic E-state index is 0.106. The van der Waals surface area contributed by atoms with Crippen molar-refractivity contribution in [2.75, 3.05) is 23.4 Å². The summed E-state index contributed by atoms with van der Waals surface area (Å²) in [5.74, 6) is -0.241. The van der Waals surface area contributed by atoms with Gasteiger partial charge in [-0.1, -0.05) is 42.5 Å². The SMILES string of the molecule is O=C(CN1C(=O)COc2ccccc21)Nc1sc2c(c1C(=O)NCc1ccccc1)CCCC2. The van der Waals surface area contributed by atoms with Gasteiger partial charge in [0.1, 0.15) is 17.3 Å². The van der Waals surface area contributed by atoms with E-state index >= 15 is 0 Å². The standard InChI is InChI=1S/C26H25N3O4S/c30-22(15-29-19-11-5-6-12-20(19)33-16-23(29)31)28-26-24(18-10-4-7-13-21(18)34-26)25(32)27-14-17-8-2-1-3-9-17/h1-3,5-6,8-9,11-12H,4,7,10,13-16H2,(H,27,32)(H,28,30). The van der Waals surface area contributed by atoms with Crippen molar-refractivity contribution in [3.05, 3.63) is 76.2 Å². The molecule has 0 fully saturated rings. The molecule has 5 rings (SSSR count). The Morgan fingerprint density at radius 3 is 2.62 bits per heavy atom. The highest BCUT2D eigenvalue weighted by Crippen LogP contribution is 2.38. The molecular formula is C26H25N3O4S. The number of rotatable bonds is 6. The number of amides is 3. The van der Waals surface area contributed by atoms with E-state index in [1.807, 2.05) is 36.4 Å². The number of benzene rings is 2. The summed E-state index contributed by atoms with van der Waals surface area (Å²) in [5, 5.41) is 6.48. The molecule has 2 aromatic carbocycles. The lowest BCUT2D eigenvalue weighted by atomic mass is 9.95. The maximum absolute atomic E-state index is 13.2. The van der Waals surface area contributed by atoms with E-state index < -0.39 is 0 Å². The summed E-state index contributed by atoms with van der Waals surface area (Å²) >= 11 is 1.47. The van der Waals surface area contributed by atoms with Crippen LogP contribution in [-0.2, 0) is 29.0 Å². The molecule has 2 heterocycles. The second kappa shape index (κ2) is 9.69. The molecule has 0 saturated heterocycles. The maximum Gasteiger partial charge on any atom is 0.265 e. The zero-order valence-corrected chi connectivity index (χ0v) is 19.5. The van der Waals surface area contributed by atoms with Crippen molar-refractivity contribution in [1.82, 2.24) is 5.32 Å². The summed E-state index contributed by atoms with van der Waals surface area (Å²) < 4.78 is 5.46. The summed E-state index contributed by atoms with van der Waals surface area (Å²) in [4.78, 5) is 41.3. The number of para-hydroxylation sites is 2. The number of aryl methyl sites for hydroxylation is 1. The van der Waals surface area contributed by atoms with Gasteiger partial charge in [0.25, 0.3) is 11.8 Å². The molecule has 0 bridgehead atoms. The van der Waals surface area contributed by atoms with Crippen LogP contribution in [0.1, 0.15) is 39.2 Å². The summed E-state index contributed by atoms with van der Waals surface area (Å²) in [6.45, 7) is 0.161. The van der Waals surface area contributed by atoms with Gasteiger partial charge in [0, 0.05) is 11.4 Å². The van der Waals surface area contributed by atoms with Crippen LogP contribution in [-0.4, -0.2) is 30.9 Å². The molecule has 2 N–H and O–H groups in total. The number of hydrogen-bond donors (Lipinski definition) is 2. The molecule has 0 unspecified atom stereocenters. The lowest BCUT2D eigenvalue weighted by Gasteiger charge is -2.28. The van der Waals surface area contributed by atoms with Crippen LogP contribution in [0.3, 0.4) is 0 Å². The number of ether oxygens (including phenoxy) is 1. The highest BCUT2D eigenvalue weighted by Gasteiger charge is 2.29. The van der Waals surface area contributed by atoms with Crippen LogP contribution in [0.15, 0.2) is 54.6 Å². The van der Waals surface area contributed by atoms with E-state index in [1.54, 1.807) is 18.2 Å². The van der Waals surface area contributed by atoms with Gasteiger partial charge in [0.2, 0.25) is 5.91 Å². The smallest absolute Gasteiger partial charge is 0.265 e. The molecule has 1 aliphatic heterocycles.